The van der Waals surface area contributed by atoms with Crippen molar-refractivity contribution in [2.45, 2.75) is 6.92 Å². The van der Waals surface area contributed by atoms with Gasteiger partial charge in [-0.2, -0.15) is 0 Å². The number of hydroxylamine groups is 2. The van der Waals surface area contributed by atoms with Crippen molar-refractivity contribution in [1.29, 1.82) is 0 Å². The number of rotatable bonds is 3. The summed E-state index contributed by atoms with van der Waals surface area (Å²) in [5, 5.41) is 8.57. The molecule has 0 atom stereocenters. The van der Waals surface area contributed by atoms with Gasteiger partial charge in [-0.15, -0.1) is 10.2 Å². The normalized spacial score (nSPS) is 13.0. The van der Waals surface area contributed by atoms with Crippen LogP contribution < -0.4 is 0 Å². The van der Waals surface area contributed by atoms with Crippen LogP contribution in [0.5, 0.6) is 0 Å². The summed E-state index contributed by atoms with van der Waals surface area (Å²) in [4.78, 5) is 41.9. The molecule has 1 aromatic heterocycles. The first kappa shape index (κ1) is 16.6. The second-order valence-corrected chi connectivity index (χ2v) is 6.04. The number of hydrogen-bond donors (Lipinski definition) is 0. The molecule has 0 unspecified atom stereocenters. The summed E-state index contributed by atoms with van der Waals surface area (Å²) in [5.41, 5.74) is 1.40. The van der Waals surface area contributed by atoms with Crippen LogP contribution in [0.3, 0.4) is 0 Å². The number of aromatic nitrogens is 3. The van der Waals surface area contributed by atoms with Crippen LogP contribution in [0.4, 0.5) is 0 Å². The molecular formula is C19H14N4O4. The van der Waals surface area contributed by atoms with Crippen molar-refractivity contribution in [3.8, 4) is 11.4 Å². The Morgan fingerprint density at radius 3 is 2.04 bits per heavy atom. The highest BCUT2D eigenvalue weighted by Crippen LogP contribution is 2.24. The number of fused-ring (bicyclic) bond motifs is 1. The minimum Gasteiger partial charge on any atom is -0.324 e. The number of nitrogens with zero attached hydrogens (tertiary/aromatic N) is 4. The molecule has 0 bridgehead atoms. The van der Waals surface area contributed by atoms with E-state index < -0.39 is 17.8 Å². The first-order valence-electron chi connectivity index (χ1n) is 8.14. The van der Waals surface area contributed by atoms with Crippen LogP contribution >= 0.6 is 0 Å². The molecule has 0 spiro atoms. The quantitative estimate of drug-likeness (QED) is 0.663. The number of benzene rings is 2. The third-order valence-electron chi connectivity index (χ3n) is 4.40. The summed E-state index contributed by atoms with van der Waals surface area (Å²) >= 11 is 0. The van der Waals surface area contributed by atoms with Gasteiger partial charge in [0, 0.05) is 12.6 Å². The Balaban J connectivity index is 1.54. The zero-order chi connectivity index (χ0) is 19.1. The third kappa shape index (κ3) is 2.67. The lowest BCUT2D eigenvalue weighted by atomic mass is 10.1. The third-order valence-corrected chi connectivity index (χ3v) is 4.40. The molecule has 0 aliphatic carbocycles. The number of aryl methyl sites for hydroxylation is 1. The average Bonchev–Trinajstić information content (AvgIpc) is 3.14. The van der Waals surface area contributed by atoms with Crippen molar-refractivity contribution >= 4 is 17.8 Å². The Labute approximate surface area is 154 Å². The average molecular weight is 362 g/mol. The largest absolute Gasteiger partial charge is 0.363 e. The molecule has 1 aliphatic rings. The highest BCUT2D eigenvalue weighted by Gasteiger charge is 2.38. The van der Waals surface area contributed by atoms with E-state index in [1.165, 1.54) is 12.1 Å². The molecule has 1 aliphatic heterocycles. The fourth-order valence-corrected chi connectivity index (χ4v) is 2.80. The second kappa shape index (κ2) is 6.17. The molecule has 2 aromatic carbocycles. The first-order chi connectivity index (χ1) is 13.0. The van der Waals surface area contributed by atoms with Gasteiger partial charge >= 0.3 is 5.97 Å². The maximum absolute atomic E-state index is 12.4. The summed E-state index contributed by atoms with van der Waals surface area (Å²) in [6, 6.07) is 12.8. The Kier molecular flexibility index (Phi) is 3.80. The van der Waals surface area contributed by atoms with Gasteiger partial charge in [-0.25, -0.2) is 4.79 Å². The van der Waals surface area contributed by atoms with Gasteiger partial charge in [0.15, 0.2) is 5.82 Å². The fourth-order valence-electron chi connectivity index (χ4n) is 2.80. The monoisotopic (exact) mass is 362 g/mol. The van der Waals surface area contributed by atoms with Crippen LogP contribution in [-0.4, -0.2) is 37.6 Å². The minimum absolute atomic E-state index is 0.203. The van der Waals surface area contributed by atoms with Gasteiger partial charge in [-0.3, -0.25) is 9.59 Å². The number of imide groups is 1. The van der Waals surface area contributed by atoms with Crippen LogP contribution in [0, 0.1) is 6.92 Å². The van der Waals surface area contributed by atoms with Crippen molar-refractivity contribution in [2.75, 3.05) is 0 Å². The summed E-state index contributed by atoms with van der Waals surface area (Å²) in [7, 11) is 1.84. The zero-order valence-electron chi connectivity index (χ0n) is 14.5. The fraction of sp³-hybridized carbons (Fsp3) is 0.105. The summed E-state index contributed by atoms with van der Waals surface area (Å²) in [6.45, 7) is 1.84. The van der Waals surface area contributed by atoms with Crippen LogP contribution in [0.1, 0.15) is 36.9 Å². The highest BCUT2D eigenvalue weighted by atomic mass is 16.7. The van der Waals surface area contributed by atoms with Gasteiger partial charge in [0.1, 0.15) is 5.82 Å². The van der Waals surface area contributed by atoms with Crippen molar-refractivity contribution in [3.05, 3.63) is 71.0 Å². The van der Waals surface area contributed by atoms with Crippen molar-refractivity contribution in [3.63, 3.8) is 0 Å². The summed E-state index contributed by atoms with van der Waals surface area (Å²) in [5.74, 6) is -0.692. The van der Waals surface area contributed by atoms with E-state index in [4.69, 9.17) is 4.84 Å². The number of carbonyl (C=O) groups excluding carboxylic acids is 3. The van der Waals surface area contributed by atoms with Gasteiger partial charge < -0.3 is 9.40 Å². The van der Waals surface area contributed by atoms with Crippen LogP contribution in [0.25, 0.3) is 11.4 Å². The Bertz CT molecular complexity index is 1050. The van der Waals surface area contributed by atoms with Gasteiger partial charge in [-0.1, -0.05) is 29.3 Å². The second-order valence-electron chi connectivity index (χ2n) is 6.04. The van der Waals surface area contributed by atoms with Crippen LogP contribution in [0.15, 0.2) is 48.5 Å². The lowest BCUT2D eigenvalue weighted by Crippen LogP contribution is -2.32. The molecule has 8 heteroatoms. The standard InChI is InChI=1S/C19H14N4O4/c1-11-20-21-16(22(11)2)12-7-9-13(10-8-12)19(26)27-23-17(24)14-5-3-4-6-15(14)18(23)25/h3-10H,1-2H3. The van der Waals surface area contributed by atoms with Crippen LogP contribution in [0.2, 0.25) is 0 Å². The van der Waals surface area contributed by atoms with Gasteiger partial charge in [0.2, 0.25) is 0 Å². The molecule has 8 nitrogen and oxygen atoms in total. The molecule has 4 rings (SSSR count). The molecule has 0 saturated heterocycles. The van der Waals surface area contributed by atoms with Gasteiger partial charge in [0.05, 0.1) is 16.7 Å². The molecule has 3 aromatic rings. The van der Waals surface area contributed by atoms with E-state index in [0.717, 1.165) is 11.4 Å². The van der Waals surface area contributed by atoms with E-state index in [1.54, 1.807) is 36.4 Å². The molecule has 134 valence electrons. The molecule has 0 N–H and O–H groups in total. The first-order valence-corrected chi connectivity index (χ1v) is 8.14. The molecule has 27 heavy (non-hydrogen) atoms. The molecule has 0 saturated carbocycles. The maximum Gasteiger partial charge on any atom is 0.363 e. The molecule has 2 heterocycles. The maximum atomic E-state index is 12.4. The van der Waals surface area contributed by atoms with Crippen molar-refractivity contribution < 1.29 is 19.2 Å². The van der Waals surface area contributed by atoms with Crippen LogP contribution in [-0.2, 0) is 11.9 Å². The van der Waals surface area contributed by atoms with E-state index in [0.29, 0.717) is 10.9 Å². The van der Waals surface area contributed by atoms with Crippen molar-refractivity contribution in [2.24, 2.45) is 7.05 Å². The SMILES string of the molecule is Cc1nnc(-c2ccc(C(=O)ON3C(=O)c4ccccc4C3=O)cc2)n1C. The minimum atomic E-state index is -0.801. The van der Waals surface area contributed by atoms with E-state index in [2.05, 4.69) is 10.2 Å². The summed E-state index contributed by atoms with van der Waals surface area (Å²) < 4.78 is 1.83. The van der Waals surface area contributed by atoms with Gasteiger partial charge in [-0.05, 0) is 31.2 Å². The Hall–Kier alpha value is -3.81. The summed E-state index contributed by atoms with van der Waals surface area (Å²) in [6.07, 6.45) is 0. The van der Waals surface area contributed by atoms with E-state index in [9.17, 15) is 14.4 Å². The molecule has 0 radical (unpaired) electrons. The number of amides is 2. The zero-order valence-corrected chi connectivity index (χ0v) is 14.5. The number of carbonyl (C=O) groups is 3. The van der Waals surface area contributed by atoms with Gasteiger partial charge in [0.25, 0.3) is 11.8 Å². The van der Waals surface area contributed by atoms with E-state index in [1.807, 2.05) is 18.5 Å². The Morgan fingerprint density at radius 2 is 1.52 bits per heavy atom. The molecule has 0 fully saturated rings. The highest BCUT2D eigenvalue weighted by molar-refractivity contribution is 6.21. The topological polar surface area (TPSA) is 94.4 Å². The predicted molar refractivity (Wildman–Crippen MR) is 93.5 cm³/mol. The lowest BCUT2D eigenvalue weighted by molar-refractivity contribution is -0.0584. The van der Waals surface area contributed by atoms with E-state index >= 15 is 0 Å². The van der Waals surface area contributed by atoms with E-state index in [-0.39, 0.29) is 16.7 Å². The lowest BCUT2D eigenvalue weighted by Gasteiger charge is -2.12. The smallest absolute Gasteiger partial charge is 0.324 e. The predicted octanol–water partition coefficient (Wildman–Crippen LogP) is 2.16. The Morgan fingerprint density at radius 1 is 0.926 bits per heavy atom. The van der Waals surface area contributed by atoms with Crippen molar-refractivity contribution in [1.82, 2.24) is 19.8 Å². The molecule has 2 amide bonds. The molecular weight excluding hydrogens is 348 g/mol. The number of hydrogen-bond acceptors (Lipinski definition) is 6.